The van der Waals surface area contributed by atoms with Crippen LogP contribution in [0.1, 0.15) is 44.6 Å². The van der Waals surface area contributed by atoms with E-state index in [1.54, 1.807) is 11.8 Å². The maximum Gasteiger partial charge on any atom is 0.417 e. The molecule has 13 heteroatoms. The van der Waals surface area contributed by atoms with E-state index in [-0.39, 0.29) is 43.4 Å². The number of piperidine rings is 1. The van der Waals surface area contributed by atoms with Crippen LogP contribution < -0.4 is 5.32 Å². The minimum atomic E-state index is -4.62. The van der Waals surface area contributed by atoms with Crippen molar-refractivity contribution in [1.29, 1.82) is 0 Å². The molecule has 3 aliphatic heterocycles. The molecule has 1 N–H and O–H groups in total. The highest BCUT2D eigenvalue weighted by Crippen LogP contribution is 2.61. The molecule has 5 rings (SSSR count). The number of rotatable bonds is 5. The first-order valence-corrected chi connectivity index (χ1v) is 13.6. The largest absolute Gasteiger partial charge is 0.417 e. The van der Waals surface area contributed by atoms with Crippen LogP contribution in [0.4, 0.5) is 32.4 Å². The molecule has 7 nitrogen and oxygen atoms in total. The van der Waals surface area contributed by atoms with Gasteiger partial charge in [-0.15, -0.1) is 0 Å². The molecule has 39 heavy (non-hydrogen) atoms. The first kappa shape index (κ1) is 28.4. The van der Waals surface area contributed by atoms with Gasteiger partial charge in [0, 0.05) is 17.6 Å². The van der Waals surface area contributed by atoms with Gasteiger partial charge in [-0.3, -0.25) is 9.69 Å². The second-order valence-electron chi connectivity index (χ2n) is 11.2. The van der Waals surface area contributed by atoms with Gasteiger partial charge >= 0.3 is 12.2 Å². The number of carbonyl (C=O) groups is 2. The van der Waals surface area contributed by atoms with Crippen molar-refractivity contribution in [2.45, 2.75) is 69.3 Å². The number of alkyl halides is 5. The normalized spacial score (nSPS) is 28.4. The Morgan fingerprint density at radius 3 is 2.59 bits per heavy atom. The number of urea groups is 1. The van der Waals surface area contributed by atoms with Gasteiger partial charge in [0.05, 0.1) is 42.4 Å². The zero-order valence-corrected chi connectivity index (χ0v) is 22.3. The molecule has 0 radical (unpaired) electrons. The van der Waals surface area contributed by atoms with Crippen LogP contribution >= 0.6 is 11.6 Å². The summed E-state index contributed by atoms with van der Waals surface area (Å²) < 4.78 is 73.7. The summed E-state index contributed by atoms with van der Waals surface area (Å²) in [7, 11) is 0. The standard InChI is InChI=1S/C26H32ClF5N4O3/c1-16-22(37)36-18(3-2-9-34-10-8-24(6-7-24)25(28,29)15-34)13-39-14-19(36)12-35(16)23(38)33-17-4-5-20(21(27)11-17)26(30,31)32/h4-5,11,16,18-19H,2-3,6-10,12-15H2,1H3,(H,33,38). The van der Waals surface area contributed by atoms with Gasteiger partial charge in [-0.05, 0) is 70.3 Å². The number of nitrogens with zero attached hydrogens (tertiary/aromatic N) is 3. The van der Waals surface area contributed by atoms with Crippen molar-refractivity contribution < 1.29 is 36.3 Å². The van der Waals surface area contributed by atoms with Crippen molar-refractivity contribution in [3.8, 4) is 0 Å². The van der Waals surface area contributed by atoms with Crippen LogP contribution in [0.15, 0.2) is 18.2 Å². The van der Waals surface area contributed by atoms with Crippen molar-refractivity contribution in [1.82, 2.24) is 14.7 Å². The molecule has 1 spiro atoms. The summed E-state index contributed by atoms with van der Waals surface area (Å²) in [6.45, 7) is 3.33. The lowest BCUT2D eigenvalue weighted by Crippen LogP contribution is -2.68. The predicted molar refractivity (Wildman–Crippen MR) is 134 cm³/mol. The van der Waals surface area contributed by atoms with Crippen molar-refractivity contribution in [2.24, 2.45) is 5.41 Å². The first-order chi connectivity index (χ1) is 18.3. The smallest absolute Gasteiger partial charge is 0.377 e. The van der Waals surface area contributed by atoms with Crippen LogP contribution in [-0.2, 0) is 15.7 Å². The van der Waals surface area contributed by atoms with Crippen molar-refractivity contribution in [3.63, 3.8) is 0 Å². The monoisotopic (exact) mass is 578 g/mol. The second-order valence-corrected chi connectivity index (χ2v) is 11.6. The summed E-state index contributed by atoms with van der Waals surface area (Å²) in [5, 5.41) is 1.99. The maximum atomic E-state index is 14.5. The highest BCUT2D eigenvalue weighted by Gasteiger charge is 2.63. The lowest BCUT2D eigenvalue weighted by molar-refractivity contribution is -0.159. The molecule has 1 aromatic carbocycles. The molecule has 3 heterocycles. The number of amides is 3. The minimum absolute atomic E-state index is 0.0775. The predicted octanol–water partition coefficient (Wildman–Crippen LogP) is 5.09. The number of ether oxygens (including phenoxy) is 1. The average molecular weight is 579 g/mol. The second kappa shape index (κ2) is 10.3. The third-order valence-electron chi connectivity index (χ3n) is 8.65. The molecular formula is C26H32ClF5N4O3. The van der Waals surface area contributed by atoms with Gasteiger partial charge in [0.2, 0.25) is 5.91 Å². The van der Waals surface area contributed by atoms with Gasteiger partial charge in [-0.2, -0.15) is 13.2 Å². The zero-order chi connectivity index (χ0) is 28.2. The van der Waals surface area contributed by atoms with E-state index in [1.807, 2.05) is 4.90 Å². The van der Waals surface area contributed by atoms with Crippen molar-refractivity contribution in [2.75, 3.05) is 44.7 Å². The van der Waals surface area contributed by atoms with Gasteiger partial charge in [0.25, 0.3) is 5.92 Å². The van der Waals surface area contributed by atoms with E-state index in [9.17, 15) is 31.5 Å². The molecule has 3 unspecified atom stereocenters. The molecule has 1 saturated carbocycles. The number of piperazine rings is 1. The number of benzene rings is 1. The van der Waals surface area contributed by atoms with E-state index in [0.717, 1.165) is 18.2 Å². The van der Waals surface area contributed by atoms with E-state index < -0.39 is 40.2 Å². The summed E-state index contributed by atoms with van der Waals surface area (Å²) in [4.78, 5) is 31.3. The molecule has 1 aliphatic carbocycles. The molecule has 4 aliphatic rings. The molecule has 4 fully saturated rings. The molecule has 0 bridgehead atoms. The van der Waals surface area contributed by atoms with E-state index in [2.05, 4.69) is 5.32 Å². The third-order valence-corrected chi connectivity index (χ3v) is 8.96. The van der Waals surface area contributed by atoms with Gasteiger partial charge in [0.15, 0.2) is 0 Å². The van der Waals surface area contributed by atoms with Crippen molar-refractivity contribution >= 4 is 29.2 Å². The highest BCUT2D eigenvalue weighted by molar-refractivity contribution is 6.31. The van der Waals surface area contributed by atoms with Crippen LogP contribution in [0.5, 0.6) is 0 Å². The molecule has 3 saturated heterocycles. The number of fused-ring (bicyclic) bond motifs is 1. The molecule has 216 valence electrons. The number of hydrogen-bond acceptors (Lipinski definition) is 4. The quantitative estimate of drug-likeness (QED) is 0.494. The number of nitrogens with one attached hydrogen (secondary N) is 1. The summed E-state index contributed by atoms with van der Waals surface area (Å²) in [5.74, 6) is -2.90. The number of hydrogen-bond donors (Lipinski definition) is 1. The molecule has 3 amide bonds. The molecule has 1 aromatic rings. The maximum absolute atomic E-state index is 14.5. The molecule has 0 aromatic heterocycles. The van der Waals surface area contributed by atoms with Crippen LogP contribution in [0.2, 0.25) is 5.02 Å². The number of anilines is 1. The fraction of sp³-hybridized carbons (Fsp3) is 0.692. The van der Waals surface area contributed by atoms with Gasteiger partial charge in [-0.1, -0.05) is 11.6 Å². The van der Waals surface area contributed by atoms with E-state index in [1.165, 1.54) is 4.90 Å². The summed E-state index contributed by atoms with van der Waals surface area (Å²) in [6.07, 6.45) is -1.65. The summed E-state index contributed by atoms with van der Waals surface area (Å²) >= 11 is 5.76. The zero-order valence-electron chi connectivity index (χ0n) is 21.6. The number of halogens is 6. The Hall–Kier alpha value is -2.18. The third kappa shape index (κ3) is 5.56. The number of likely N-dealkylation sites (tertiary alicyclic amines) is 1. The minimum Gasteiger partial charge on any atom is -0.377 e. The lowest BCUT2D eigenvalue weighted by atomic mass is 9.89. The van der Waals surface area contributed by atoms with E-state index in [0.29, 0.717) is 51.8 Å². The molecule has 3 atom stereocenters. The molecular weight excluding hydrogens is 547 g/mol. The summed E-state index contributed by atoms with van der Waals surface area (Å²) in [6, 6.07) is 0.876. The van der Waals surface area contributed by atoms with Gasteiger partial charge < -0.3 is 19.9 Å². The van der Waals surface area contributed by atoms with E-state index in [4.69, 9.17) is 16.3 Å². The SMILES string of the molecule is CC1C(=O)N2C(CCCN3CCC4(CC4)C(F)(F)C3)COCC2CN1C(=O)Nc1ccc(C(F)(F)F)c(Cl)c1. The topological polar surface area (TPSA) is 65.1 Å². The fourth-order valence-corrected chi connectivity index (χ4v) is 6.41. The Balaban J connectivity index is 1.17. The number of morpholine rings is 1. The Kier molecular flexibility index (Phi) is 7.51. The van der Waals surface area contributed by atoms with Crippen molar-refractivity contribution in [3.05, 3.63) is 28.8 Å². The highest BCUT2D eigenvalue weighted by atomic mass is 35.5. The van der Waals surface area contributed by atoms with E-state index >= 15 is 0 Å². The first-order valence-electron chi connectivity index (χ1n) is 13.3. The Morgan fingerprint density at radius 2 is 1.95 bits per heavy atom. The fourth-order valence-electron chi connectivity index (χ4n) is 6.12. The Morgan fingerprint density at radius 1 is 1.21 bits per heavy atom. The van der Waals surface area contributed by atoms with Crippen LogP contribution in [0, 0.1) is 5.41 Å². The summed E-state index contributed by atoms with van der Waals surface area (Å²) in [5.41, 5.74) is -1.71. The van der Waals surface area contributed by atoms with Gasteiger partial charge in [0.1, 0.15) is 6.04 Å². The Labute approximate surface area is 228 Å². The lowest BCUT2D eigenvalue weighted by Gasteiger charge is -2.50. The van der Waals surface area contributed by atoms with Crippen LogP contribution in [-0.4, -0.2) is 90.1 Å². The average Bonchev–Trinajstić information content (AvgIpc) is 3.64. The van der Waals surface area contributed by atoms with Crippen LogP contribution in [0.25, 0.3) is 0 Å². The van der Waals surface area contributed by atoms with Gasteiger partial charge in [-0.25, -0.2) is 13.6 Å². The number of carbonyl (C=O) groups excluding carboxylic acids is 2. The Bertz CT molecular complexity index is 1120. The van der Waals surface area contributed by atoms with Crippen LogP contribution in [0.3, 0.4) is 0 Å².